The summed E-state index contributed by atoms with van der Waals surface area (Å²) < 4.78 is 10.5. The largest absolute Gasteiger partial charge is 0.493 e. The molecular weight excluding hydrogens is 368 g/mol. The Morgan fingerprint density at radius 2 is 1.76 bits per heavy atom. The van der Waals surface area contributed by atoms with E-state index in [2.05, 4.69) is 10.3 Å². The first kappa shape index (κ1) is 18.4. The maximum Gasteiger partial charge on any atom is 0.349 e. The van der Waals surface area contributed by atoms with Crippen LogP contribution < -0.4 is 15.7 Å². The molecule has 2 aromatic heterocycles. The molecule has 0 bridgehead atoms. The van der Waals surface area contributed by atoms with Crippen LogP contribution in [0.1, 0.15) is 21.5 Å². The van der Waals surface area contributed by atoms with E-state index in [4.69, 9.17) is 9.15 Å². The number of aromatic nitrogens is 1. The van der Waals surface area contributed by atoms with Crippen molar-refractivity contribution in [1.82, 2.24) is 4.98 Å². The zero-order valence-corrected chi connectivity index (χ0v) is 15.7. The number of nitrogens with one attached hydrogen (secondary N) is 1. The summed E-state index contributed by atoms with van der Waals surface area (Å²) in [5.74, 6) is -0.0818. The summed E-state index contributed by atoms with van der Waals surface area (Å²) in [5.41, 5.74) is 2.39. The van der Waals surface area contributed by atoms with Gasteiger partial charge in [0.1, 0.15) is 5.56 Å². The minimum atomic E-state index is -0.714. The van der Waals surface area contributed by atoms with Crippen molar-refractivity contribution in [3.8, 4) is 5.75 Å². The first-order valence-corrected chi connectivity index (χ1v) is 9.04. The molecule has 4 aromatic rings. The van der Waals surface area contributed by atoms with Gasteiger partial charge in [-0.1, -0.05) is 24.3 Å². The maximum atomic E-state index is 12.6. The topological polar surface area (TPSA) is 81.4 Å². The smallest absolute Gasteiger partial charge is 0.349 e. The molecule has 0 fully saturated rings. The highest BCUT2D eigenvalue weighted by molar-refractivity contribution is 6.05. The van der Waals surface area contributed by atoms with E-state index in [1.807, 2.05) is 24.3 Å². The Hall–Kier alpha value is -3.93. The number of methoxy groups -OCH3 is 1. The third-order valence-electron chi connectivity index (χ3n) is 4.56. The Bertz CT molecular complexity index is 1220. The molecule has 0 aliphatic carbocycles. The second-order valence-electron chi connectivity index (χ2n) is 6.51. The summed E-state index contributed by atoms with van der Waals surface area (Å²) in [6.45, 7) is 0. The molecule has 0 saturated carbocycles. The number of carbonyl (C=O) groups is 1. The Kier molecular flexibility index (Phi) is 5.07. The van der Waals surface area contributed by atoms with Crippen LogP contribution in [0.3, 0.4) is 0 Å². The lowest BCUT2D eigenvalue weighted by Gasteiger charge is -2.08. The quantitative estimate of drug-likeness (QED) is 0.524. The molecular formula is C23H18N2O4. The molecule has 0 atom stereocenters. The van der Waals surface area contributed by atoms with Gasteiger partial charge < -0.3 is 14.5 Å². The number of hydrogen-bond donors (Lipinski definition) is 1. The van der Waals surface area contributed by atoms with E-state index in [0.29, 0.717) is 22.4 Å². The lowest BCUT2D eigenvalue weighted by Crippen LogP contribution is -2.20. The number of nitrogens with zero attached hydrogens (tertiary/aromatic N) is 1. The average Bonchev–Trinajstić information content (AvgIpc) is 2.75. The number of rotatable bonds is 5. The summed E-state index contributed by atoms with van der Waals surface area (Å²) in [6.07, 6.45) is 4.29. The van der Waals surface area contributed by atoms with E-state index >= 15 is 0 Å². The minimum absolute atomic E-state index is 0.0633. The molecule has 6 heteroatoms. The van der Waals surface area contributed by atoms with E-state index in [1.165, 1.54) is 13.2 Å². The van der Waals surface area contributed by atoms with Gasteiger partial charge in [-0.05, 0) is 53.9 Å². The van der Waals surface area contributed by atoms with Crippen LogP contribution in [0.4, 0.5) is 5.69 Å². The number of benzene rings is 2. The average molecular weight is 386 g/mol. The van der Waals surface area contributed by atoms with Crippen LogP contribution in [0.5, 0.6) is 5.75 Å². The Morgan fingerprint density at radius 3 is 2.48 bits per heavy atom. The molecule has 0 radical (unpaired) electrons. The van der Waals surface area contributed by atoms with Crippen molar-refractivity contribution in [1.29, 1.82) is 0 Å². The van der Waals surface area contributed by atoms with Gasteiger partial charge >= 0.3 is 5.63 Å². The molecule has 1 N–H and O–H groups in total. The van der Waals surface area contributed by atoms with E-state index in [-0.39, 0.29) is 5.56 Å². The monoisotopic (exact) mass is 386 g/mol. The first-order valence-electron chi connectivity index (χ1n) is 9.04. The Morgan fingerprint density at radius 1 is 1.03 bits per heavy atom. The van der Waals surface area contributed by atoms with Crippen molar-refractivity contribution in [3.05, 3.63) is 100 Å². The third-order valence-corrected chi connectivity index (χ3v) is 4.56. The van der Waals surface area contributed by atoms with Crippen molar-refractivity contribution >= 4 is 22.6 Å². The highest BCUT2D eigenvalue weighted by Gasteiger charge is 2.15. The molecule has 29 heavy (non-hydrogen) atoms. The van der Waals surface area contributed by atoms with Gasteiger partial charge in [-0.3, -0.25) is 9.78 Å². The fourth-order valence-corrected chi connectivity index (χ4v) is 3.08. The Balaban J connectivity index is 1.53. The van der Waals surface area contributed by atoms with Crippen LogP contribution in [0, 0.1) is 0 Å². The second-order valence-corrected chi connectivity index (χ2v) is 6.51. The molecule has 0 saturated heterocycles. The zero-order chi connectivity index (χ0) is 20.2. The van der Waals surface area contributed by atoms with Crippen LogP contribution in [0.25, 0.3) is 11.0 Å². The highest BCUT2D eigenvalue weighted by atomic mass is 16.5. The zero-order valence-electron chi connectivity index (χ0n) is 15.7. The summed E-state index contributed by atoms with van der Waals surface area (Å²) in [4.78, 5) is 28.9. The van der Waals surface area contributed by atoms with Crippen molar-refractivity contribution in [2.75, 3.05) is 12.4 Å². The van der Waals surface area contributed by atoms with Gasteiger partial charge in [0.2, 0.25) is 0 Å². The summed E-state index contributed by atoms with van der Waals surface area (Å²) in [7, 11) is 1.49. The van der Waals surface area contributed by atoms with Crippen LogP contribution in [-0.4, -0.2) is 18.0 Å². The number of ether oxygens (including phenoxy) is 1. The number of pyridine rings is 1. The molecule has 4 rings (SSSR count). The van der Waals surface area contributed by atoms with Gasteiger partial charge in [-0.2, -0.15) is 0 Å². The minimum Gasteiger partial charge on any atom is -0.493 e. The molecule has 0 aliphatic rings. The number of carbonyl (C=O) groups excluding carboxylic acids is 1. The summed E-state index contributed by atoms with van der Waals surface area (Å²) in [6, 6.07) is 18.1. The van der Waals surface area contributed by atoms with Crippen LogP contribution >= 0.6 is 0 Å². The fraction of sp³-hybridized carbons (Fsp3) is 0.0870. The van der Waals surface area contributed by atoms with Crippen molar-refractivity contribution in [3.63, 3.8) is 0 Å². The molecule has 0 spiro atoms. The van der Waals surface area contributed by atoms with Crippen LogP contribution in [0.15, 0.2) is 82.3 Å². The highest BCUT2D eigenvalue weighted by Crippen LogP contribution is 2.24. The van der Waals surface area contributed by atoms with E-state index in [1.54, 1.807) is 42.7 Å². The van der Waals surface area contributed by atoms with E-state index in [0.717, 1.165) is 17.5 Å². The van der Waals surface area contributed by atoms with Crippen molar-refractivity contribution in [2.45, 2.75) is 6.42 Å². The second kappa shape index (κ2) is 7.98. The standard InChI is InChI=1S/C23H18N2O4/c1-28-20-4-2-3-17-14-19(23(27)29-21(17)20)22(26)25-18-7-5-15(6-8-18)13-16-9-11-24-12-10-16/h2-12,14H,13H2,1H3,(H,25,26). The van der Waals surface area contributed by atoms with Gasteiger partial charge in [0, 0.05) is 23.5 Å². The van der Waals surface area contributed by atoms with E-state index < -0.39 is 11.5 Å². The molecule has 6 nitrogen and oxygen atoms in total. The summed E-state index contributed by atoms with van der Waals surface area (Å²) in [5, 5.41) is 3.36. The molecule has 0 aliphatic heterocycles. The maximum absolute atomic E-state index is 12.6. The fourth-order valence-electron chi connectivity index (χ4n) is 3.08. The van der Waals surface area contributed by atoms with Crippen molar-refractivity contribution < 1.29 is 13.9 Å². The molecule has 2 heterocycles. The molecule has 2 aromatic carbocycles. The van der Waals surface area contributed by atoms with Gasteiger partial charge in [-0.25, -0.2) is 4.79 Å². The number of amides is 1. The van der Waals surface area contributed by atoms with Crippen molar-refractivity contribution in [2.24, 2.45) is 0 Å². The third kappa shape index (κ3) is 4.01. The summed E-state index contributed by atoms with van der Waals surface area (Å²) >= 11 is 0. The lowest BCUT2D eigenvalue weighted by molar-refractivity contribution is 0.102. The number of para-hydroxylation sites is 1. The number of anilines is 1. The Labute approximate surface area is 166 Å². The predicted octanol–water partition coefficient (Wildman–Crippen LogP) is 4.04. The lowest BCUT2D eigenvalue weighted by atomic mass is 10.1. The van der Waals surface area contributed by atoms with Crippen LogP contribution in [-0.2, 0) is 6.42 Å². The molecule has 1 amide bonds. The predicted molar refractivity (Wildman–Crippen MR) is 110 cm³/mol. The first-order chi connectivity index (χ1) is 14.1. The molecule has 144 valence electrons. The van der Waals surface area contributed by atoms with Gasteiger partial charge in [0.05, 0.1) is 7.11 Å². The van der Waals surface area contributed by atoms with Gasteiger partial charge in [0.25, 0.3) is 5.91 Å². The normalized spacial score (nSPS) is 10.7. The van der Waals surface area contributed by atoms with E-state index in [9.17, 15) is 9.59 Å². The van der Waals surface area contributed by atoms with Gasteiger partial charge in [0.15, 0.2) is 11.3 Å². The number of hydrogen-bond acceptors (Lipinski definition) is 5. The SMILES string of the molecule is COc1cccc2cc(C(=O)Nc3ccc(Cc4ccncc4)cc3)c(=O)oc12. The molecule has 0 unspecified atom stereocenters. The van der Waals surface area contributed by atoms with Crippen LogP contribution in [0.2, 0.25) is 0 Å². The number of fused-ring (bicyclic) bond motifs is 1. The van der Waals surface area contributed by atoms with Gasteiger partial charge in [-0.15, -0.1) is 0 Å².